The van der Waals surface area contributed by atoms with E-state index in [1.54, 1.807) is 18.2 Å². The summed E-state index contributed by atoms with van der Waals surface area (Å²) in [7, 11) is -3.77. The summed E-state index contributed by atoms with van der Waals surface area (Å²) in [5.74, 6) is 0. The summed E-state index contributed by atoms with van der Waals surface area (Å²) in [6.45, 7) is 0. The second-order valence-corrected chi connectivity index (χ2v) is 7.06. The number of nitrogens with two attached hydrogens (primary N) is 1. The van der Waals surface area contributed by atoms with Crippen molar-refractivity contribution in [2.75, 3.05) is 10.5 Å². The van der Waals surface area contributed by atoms with Crippen LogP contribution in [0.15, 0.2) is 50.5 Å². The maximum absolute atomic E-state index is 12.2. The summed E-state index contributed by atoms with van der Waals surface area (Å²) in [4.78, 5) is 3.72. The van der Waals surface area contributed by atoms with Crippen molar-refractivity contribution in [2.24, 2.45) is 0 Å². The van der Waals surface area contributed by atoms with Crippen LogP contribution in [0.4, 0.5) is 11.4 Å². The monoisotopic (exact) mass is 405 g/mol. The van der Waals surface area contributed by atoms with E-state index in [9.17, 15) is 8.42 Å². The second kappa shape index (κ2) is 5.48. The molecule has 1 aromatic carbocycles. The van der Waals surface area contributed by atoms with Crippen LogP contribution in [-0.2, 0) is 10.0 Å². The first-order chi connectivity index (χ1) is 8.90. The van der Waals surface area contributed by atoms with Gasteiger partial charge in [-0.2, -0.15) is 0 Å². The molecule has 0 aliphatic heterocycles. The van der Waals surface area contributed by atoms with E-state index in [4.69, 9.17) is 5.73 Å². The average Bonchev–Trinajstić information content (AvgIpc) is 2.34. The second-order valence-electron chi connectivity index (χ2n) is 3.64. The number of anilines is 2. The number of nitrogen functional groups attached to an aromatic ring is 1. The standard InChI is InChI=1S/C11H9Br2N3O2S/c12-7-1-2-8(13)10(5-7)16-19(17,18)11-6-15-4-3-9(11)14/h1-6,16H,(H2,14,15). The van der Waals surface area contributed by atoms with E-state index in [0.29, 0.717) is 10.2 Å². The molecule has 0 spiro atoms. The molecule has 0 fully saturated rings. The molecule has 0 amide bonds. The Labute approximate surface area is 127 Å². The molecule has 8 heteroatoms. The van der Waals surface area contributed by atoms with Crippen molar-refractivity contribution in [3.63, 3.8) is 0 Å². The van der Waals surface area contributed by atoms with Gasteiger partial charge in [-0.05, 0) is 40.2 Å². The number of hydrogen-bond donors (Lipinski definition) is 2. The zero-order valence-corrected chi connectivity index (χ0v) is 13.5. The zero-order chi connectivity index (χ0) is 14.0. The average molecular weight is 407 g/mol. The minimum Gasteiger partial charge on any atom is -0.398 e. The molecule has 1 aromatic heterocycles. The fourth-order valence-electron chi connectivity index (χ4n) is 1.39. The quantitative estimate of drug-likeness (QED) is 0.820. The molecule has 0 saturated heterocycles. The van der Waals surface area contributed by atoms with E-state index in [1.165, 1.54) is 18.5 Å². The smallest absolute Gasteiger partial charge is 0.265 e. The number of nitrogens with zero attached hydrogens (tertiary/aromatic N) is 1. The van der Waals surface area contributed by atoms with Crippen molar-refractivity contribution in [1.82, 2.24) is 4.98 Å². The fourth-order valence-corrected chi connectivity index (χ4v) is 3.38. The van der Waals surface area contributed by atoms with Gasteiger partial charge >= 0.3 is 0 Å². The molecule has 0 aliphatic rings. The Kier molecular flexibility index (Phi) is 4.12. The maximum atomic E-state index is 12.2. The minimum atomic E-state index is -3.77. The number of aromatic nitrogens is 1. The lowest BCUT2D eigenvalue weighted by Gasteiger charge is -2.11. The zero-order valence-electron chi connectivity index (χ0n) is 9.47. The largest absolute Gasteiger partial charge is 0.398 e. The topological polar surface area (TPSA) is 85.1 Å². The Morgan fingerprint density at radius 1 is 1.21 bits per heavy atom. The maximum Gasteiger partial charge on any atom is 0.265 e. The van der Waals surface area contributed by atoms with Crippen LogP contribution in [-0.4, -0.2) is 13.4 Å². The van der Waals surface area contributed by atoms with Crippen molar-refractivity contribution in [1.29, 1.82) is 0 Å². The third-order valence-corrected chi connectivity index (χ3v) is 4.87. The summed E-state index contributed by atoms with van der Waals surface area (Å²) < 4.78 is 28.3. The van der Waals surface area contributed by atoms with Gasteiger partial charge < -0.3 is 5.73 Å². The lowest BCUT2D eigenvalue weighted by Crippen LogP contribution is -2.15. The van der Waals surface area contributed by atoms with Gasteiger partial charge in [-0.15, -0.1) is 0 Å². The van der Waals surface area contributed by atoms with Crippen LogP contribution >= 0.6 is 31.9 Å². The van der Waals surface area contributed by atoms with Crippen LogP contribution in [0, 0.1) is 0 Å². The molecule has 2 rings (SSSR count). The van der Waals surface area contributed by atoms with Crippen molar-refractivity contribution in [3.8, 4) is 0 Å². The number of hydrogen-bond acceptors (Lipinski definition) is 4. The minimum absolute atomic E-state index is 0.0538. The third-order valence-electron chi connectivity index (χ3n) is 2.28. The first kappa shape index (κ1) is 14.3. The van der Waals surface area contributed by atoms with E-state index in [2.05, 4.69) is 41.6 Å². The molecular weight excluding hydrogens is 398 g/mol. The van der Waals surface area contributed by atoms with Gasteiger partial charge in [0.1, 0.15) is 4.90 Å². The van der Waals surface area contributed by atoms with Gasteiger partial charge in [0.2, 0.25) is 0 Å². The van der Waals surface area contributed by atoms with Gasteiger partial charge in [-0.1, -0.05) is 15.9 Å². The van der Waals surface area contributed by atoms with Crippen LogP contribution in [0.1, 0.15) is 0 Å². The Morgan fingerprint density at radius 3 is 2.63 bits per heavy atom. The molecule has 3 N–H and O–H groups in total. The summed E-state index contributed by atoms with van der Waals surface area (Å²) in [6, 6.07) is 6.60. The van der Waals surface area contributed by atoms with Gasteiger partial charge in [0, 0.05) is 21.3 Å². The van der Waals surface area contributed by atoms with Crippen LogP contribution in [0.2, 0.25) is 0 Å². The molecule has 0 bridgehead atoms. The number of sulfonamides is 1. The highest BCUT2D eigenvalue weighted by Crippen LogP contribution is 2.29. The predicted octanol–water partition coefficient (Wildman–Crippen LogP) is 2.99. The van der Waals surface area contributed by atoms with Crippen molar-refractivity contribution in [3.05, 3.63) is 45.6 Å². The third kappa shape index (κ3) is 3.26. The molecule has 5 nitrogen and oxygen atoms in total. The van der Waals surface area contributed by atoms with E-state index in [-0.39, 0.29) is 10.6 Å². The van der Waals surface area contributed by atoms with Crippen LogP contribution in [0.3, 0.4) is 0 Å². The molecule has 0 unspecified atom stereocenters. The molecule has 2 aromatic rings. The molecule has 0 saturated carbocycles. The summed E-state index contributed by atoms with van der Waals surface area (Å²) >= 11 is 6.56. The van der Waals surface area contributed by atoms with E-state index in [0.717, 1.165) is 4.47 Å². The summed E-state index contributed by atoms with van der Waals surface area (Å²) in [5, 5.41) is 0. The van der Waals surface area contributed by atoms with Gasteiger partial charge in [0.05, 0.1) is 11.4 Å². The SMILES string of the molecule is Nc1ccncc1S(=O)(=O)Nc1cc(Br)ccc1Br. The molecule has 0 aliphatic carbocycles. The fraction of sp³-hybridized carbons (Fsp3) is 0. The Hall–Kier alpha value is -1.12. The number of rotatable bonds is 3. The van der Waals surface area contributed by atoms with Gasteiger partial charge in [-0.25, -0.2) is 8.42 Å². The van der Waals surface area contributed by atoms with E-state index < -0.39 is 10.0 Å². The number of nitrogens with one attached hydrogen (secondary N) is 1. The first-order valence-corrected chi connectivity index (χ1v) is 8.14. The van der Waals surface area contributed by atoms with Crippen molar-refractivity contribution in [2.45, 2.75) is 4.90 Å². The number of pyridine rings is 1. The van der Waals surface area contributed by atoms with Crippen LogP contribution < -0.4 is 10.5 Å². The lowest BCUT2D eigenvalue weighted by atomic mass is 10.3. The molecule has 0 atom stereocenters. The molecule has 0 radical (unpaired) electrons. The van der Waals surface area contributed by atoms with Crippen molar-refractivity contribution < 1.29 is 8.42 Å². The van der Waals surface area contributed by atoms with Gasteiger partial charge in [0.15, 0.2) is 0 Å². The summed E-state index contributed by atoms with van der Waals surface area (Å²) in [6.07, 6.45) is 2.65. The van der Waals surface area contributed by atoms with Crippen LogP contribution in [0.5, 0.6) is 0 Å². The molecule has 19 heavy (non-hydrogen) atoms. The predicted molar refractivity (Wildman–Crippen MR) is 81.3 cm³/mol. The normalized spacial score (nSPS) is 11.3. The van der Waals surface area contributed by atoms with Gasteiger partial charge in [-0.3, -0.25) is 9.71 Å². The highest BCUT2D eigenvalue weighted by atomic mass is 79.9. The number of benzene rings is 1. The van der Waals surface area contributed by atoms with E-state index >= 15 is 0 Å². The number of halogens is 2. The Balaban J connectivity index is 2.43. The molecule has 100 valence electrons. The molecule has 1 heterocycles. The van der Waals surface area contributed by atoms with Crippen molar-refractivity contribution >= 4 is 53.3 Å². The Morgan fingerprint density at radius 2 is 1.95 bits per heavy atom. The van der Waals surface area contributed by atoms with Crippen LogP contribution in [0.25, 0.3) is 0 Å². The highest BCUT2D eigenvalue weighted by Gasteiger charge is 2.18. The highest BCUT2D eigenvalue weighted by molar-refractivity contribution is 9.11. The Bertz CT molecular complexity index is 720. The van der Waals surface area contributed by atoms with E-state index in [1.807, 2.05) is 0 Å². The summed E-state index contributed by atoms with van der Waals surface area (Å²) in [5.41, 5.74) is 6.21. The first-order valence-electron chi connectivity index (χ1n) is 5.07. The lowest BCUT2D eigenvalue weighted by molar-refractivity contribution is 0.601. The van der Waals surface area contributed by atoms with Gasteiger partial charge in [0.25, 0.3) is 10.0 Å². The molecular formula is C11H9Br2N3O2S.